The van der Waals surface area contributed by atoms with Crippen molar-refractivity contribution < 1.29 is 4.42 Å². The van der Waals surface area contributed by atoms with Crippen molar-refractivity contribution in [3.63, 3.8) is 0 Å². The van der Waals surface area contributed by atoms with Gasteiger partial charge in [0.25, 0.3) is 0 Å². The minimum Gasteiger partial charge on any atom is -0.456 e. The number of fused-ring (bicyclic) bond motifs is 8. The van der Waals surface area contributed by atoms with Crippen LogP contribution in [0.2, 0.25) is 0 Å². The lowest BCUT2D eigenvalue weighted by molar-refractivity contribution is 0.660. The maximum Gasteiger partial charge on any atom is 0.235 e. The van der Waals surface area contributed by atoms with Gasteiger partial charge in [-0.1, -0.05) is 135 Å². The van der Waals surface area contributed by atoms with Crippen molar-refractivity contribution >= 4 is 60.9 Å². The van der Waals surface area contributed by atoms with Gasteiger partial charge in [0, 0.05) is 38.5 Å². The third-order valence-electron chi connectivity index (χ3n) is 11.5. The van der Waals surface area contributed by atoms with Crippen molar-refractivity contribution in [2.45, 2.75) is 19.3 Å². The zero-order valence-electron chi connectivity index (χ0n) is 30.5. The summed E-state index contributed by atoms with van der Waals surface area (Å²) >= 11 is 0. The molecule has 2 heterocycles. The van der Waals surface area contributed by atoms with Gasteiger partial charge in [-0.25, -0.2) is 9.97 Å². The summed E-state index contributed by atoms with van der Waals surface area (Å²) in [6.07, 6.45) is 0. The highest BCUT2D eigenvalue weighted by molar-refractivity contribution is 6.11. The Hall–Kier alpha value is -7.04. The first-order chi connectivity index (χ1) is 27.0. The molecule has 260 valence electrons. The van der Waals surface area contributed by atoms with E-state index in [0.717, 1.165) is 66.4 Å². The molecule has 0 saturated heterocycles. The Labute approximate surface area is 319 Å². The molecule has 0 amide bonds. The number of nitrogens with zero attached hydrogens (tertiary/aromatic N) is 3. The van der Waals surface area contributed by atoms with E-state index in [9.17, 15) is 0 Å². The summed E-state index contributed by atoms with van der Waals surface area (Å²) in [5.41, 5.74) is 13.8. The number of rotatable bonds is 5. The molecule has 4 nitrogen and oxygen atoms in total. The van der Waals surface area contributed by atoms with E-state index in [1.807, 2.05) is 6.07 Å². The van der Waals surface area contributed by atoms with Gasteiger partial charge in [0.2, 0.25) is 5.95 Å². The molecule has 0 unspecified atom stereocenters. The molecule has 0 N–H and O–H groups in total. The van der Waals surface area contributed by atoms with Gasteiger partial charge in [-0.2, -0.15) is 0 Å². The minimum atomic E-state index is -0.159. The third-order valence-corrected chi connectivity index (χ3v) is 11.5. The van der Waals surface area contributed by atoms with Gasteiger partial charge in [0.1, 0.15) is 11.2 Å². The van der Waals surface area contributed by atoms with Crippen LogP contribution in [0.15, 0.2) is 180 Å². The molecule has 10 aromatic rings. The molecule has 2 aromatic heterocycles. The zero-order chi connectivity index (χ0) is 36.7. The Bertz CT molecular complexity index is 3120. The minimum absolute atomic E-state index is 0.159. The first-order valence-electron chi connectivity index (χ1n) is 18.8. The molecule has 0 fully saturated rings. The summed E-state index contributed by atoms with van der Waals surface area (Å²) in [5, 5.41) is 5.54. The zero-order valence-corrected chi connectivity index (χ0v) is 30.5. The second kappa shape index (κ2) is 12.0. The Morgan fingerprint density at radius 3 is 1.96 bits per heavy atom. The van der Waals surface area contributed by atoms with Crippen molar-refractivity contribution in [3.05, 3.63) is 187 Å². The van der Waals surface area contributed by atoms with Crippen LogP contribution in [0.4, 0.5) is 17.3 Å². The van der Waals surface area contributed by atoms with Crippen LogP contribution in [-0.4, -0.2) is 9.97 Å². The van der Waals surface area contributed by atoms with E-state index in [-0.39, 0.29) is 5.41 Å². The van der Waals surface area contributed by atoms with Gasteiger partial charge in [-0.3, -0.25) is 4.90 Å². The molecule has 1 aliphatic carbocycles. The van der Waals surface area contributed by atoms with Gasteiger partial charge in [0.15, 0.2) is 0 Å². The number of furan rings is 1. The number of aromatic nitrogens is 2. The second-order valence-corrected chi connectivity index (χ2v) is 15.0. The fourth-order valence-electron chi connectivity index (χ4n) is 8.64. The van der Waals surface area contributed by atoms with Crippen LogP contribution in [0.3, 0.4) is 0 Å². The lowest BCUT2D eigenvalue weighted by atomic mass is 9.82. The molecule has 0 atom stereocenters. The Morgan fingerprint density at radius 1 is 0.455 bits per heavy atom. The number of benzene rings is 8. The summed E-state index contributed by atoms with van der Waals surface area (Å²) in [6.45, 7) is 4.64. The second-order valence-electron chi connectivity index (χ2n) is 15.0. The smallest absolute Gasteiger partial charge is 0.235 e. The van der Waals surface area contributed by atoms with Gasteiger partial charge in [0.05, 0.1) is 11.2 Å². The summed E-state index contributed by atoms with van der Waals surface area (Å²) < 4.78 is 6.53. The molecule has 0 radical (unpaired) electrons. The topological polar surface area (TPSA) is 42.2 Å². The predicted octanol–water partition coefficient (Wildman–Crippen LogP) is 13.8. The Morgan fingerprint density at radius 2 is 1.11 bits per heavy atom. The van der Waals surface area contributed by atoms with E-state index in [1.54, 1.807) is 0 Å². The number of hydrogen-bond donors (Lipinski definition) is 0. The molecular formula is C51H35N3O. The molecule has 1 aliphatic rings. The largest absolute Gasteiger partial charge is 0.456 e. The van der Waals surface area contributed by atoms with E-state index in [0.29, 0.717) is 5.95 Å². The lowest BCUT2D eigenvalue weighted by Crippen LogP contribution is -2.17. The molecule has 4 heteroatoms. The average molecular weight is 706 g/mol. The Balaban J connectivity index is 1.11. The van der Waals surface area contributed by atoms with Crippen molar-refractivity contribution in [2.75, 3.05) is 4.90 Å². The van der Waals surface area contributed by atoms with E-state index in [4.69, 9.17) is 14.4 Å². The Kier molecular flexibility index (Phi) is 6.86. The van der Waals surface area contributed by atoms with Crippen molar-refractivity contribution in [3.8, 4) is 33.5 Å². The summed E-state index contributed by atoms with van der Waals surface area (Å²) in [7, 11) is 0. The molecule has 0 aliphatic heterocycles. The fourth-order valence-corrected chi connectivity index (χ4v) is 8.64. The van der Waals surface area contributed by atoms with Crippen LogP contribution in [0.25, 0.3) is 77.1 Å². The SMILES string of the molecule is CC1(C)c2ccccc2-c2ccc(N(c3ccc(-c4ccccc4)cc3)c3nc(-c4ccc5c(c4)oc4cc6ccccc6cc45)c4ccccc4n3)cc21. The number of para-hydroxylation sites is 1. The van der Waals surface area contributed by atoms with Gasteiger partial charge in [-0.15, -0.1) is 0 Å². The van der Waals surface area contributed by atoms with Crippen LogP contribution in [0, 0.1) is 0 Å². The fraction of sp³-hybridized carbons (Fsp3) is 0.0588. The van der Waals surface area contributed by atoms with Crippen LogP contribution >= 0.6 is 0 Å². The number of anilines is 3. The molecule has 11 rings (SSSR count). The van der Waals surface area contributed by atoms with Gasteiger partial charge in [-0.05, 0) is 98.8 Å². The van der Waals surface area contributed by atoms with Crippen LogP contribution < -0.4 is 4.90 Å². The van der Waals surface area contributed by atoms with Gasteiger partial charge < -0.3 is 4.42 Å². The predicted molar refractivity (Wildman–Crippen MR) is 227 cm³/mol. The van der Waals surface area contributed by atoms with Crippen molar-refractivity contribution in [1.82, 2.24) is 9.97 Å². The van der Waals surface area contributed by atoms with E-state index in [1.165, 1.54) is 33.2 Å². The molecule has 0 saturated carbocycles. The van der Waals surface area contributed by atoms with Gasteiger partial charge >= 0.3 is 0 Å². The quantitative estimate of drug-likeness (QED) is 0.179. The van der Waals surface area contributed by atoms with E-state index >= 15 is 0 Å². The number of hydrogen-bond acceptors (Lipinski definition) is 4. The van der Waals surface area contributed by atoms with Crippen LogP contribution in [0.5, 0.6) is 0 Å². The normalized spacial score (nSPS) is 13.1. The summed E-state index contributed by atoms with van der Waals surface area (Å²) in [4.78, 5) is 12.9. The standard InChI is InChI=1S/C51H35N3O/c1-51(2)44-18-10-8-16-39(44)40-27-25-38(31-45(40)51)54(37-23-20-33(21-24-37)32-12-4-3-5-13-32)50-52-46-19-11-9-17-42(46)49(53-50)36-22-26-41-43-28-34-14-6-7-15-35(34)29-48(43)55-47(41)30-36/h3-31H,1-2H3. The molecule has 8 aromatic carbocycles. The van der Waals surface area contributed by atoms with E-state index in [2.05, 4.69) is 189 Å². The molecule has 0 bridgehead atoms. The molecular weight excluding hydrogens is 671 g/mol. The van der Waals surface area contributed by atoms with Crippen LogP contribution in [0.1, 0.15) is 25.0 Å². The van der Waals surface area contributed by atoms with E-state index < -0.39 is 0 Å². The maximum absolute atomic E-state index is 6.53. The van der Waals surface area contributed by atoms with Crippen LogP contribution in [-0.2, 0) is 5.41 Å². The summed E-state index contributed by atoms with van der Waals surface area (Å²) in [5.74, 6) is 0.602. The average Bonchev–Trinajstić information content (AvgIpc) is 3.70. The van der Waals surface area contributed by atoms with Crippen molar-refractivity contribution in [1.29, 1.82) is 0 Å². The highest BCUT2D eigenvalue weighted by Crippen LogP contribution is 2.50. The monoisotopic (exact) mass is 705 g/mol. The first-order valence-corrected chi connectivity index (χ1v) is 18.8. The third kappa shape index (κ3) is 4.99. The molecule has 0 spiro atoms. The maximum atomic E-state index is 6.53. The summed E-state index contributed by atoms with van der Waals surface area (Å²) in [6, 6.07) is 62.4. The highest BCUT2D eigenvalue weighted by Gasteiger charge is 2.36. The first kappa shape index (κ1) is 31.5. The molecule has 55 heavy (non-hydrogen) atoms. The highest BCUT2D eigenvalue weighted by atomic mass is 16.3. The lowest BCUT2D eigenvalue weighted by Gasteiger charge is -2.27. The van der Waals surface area contributed by atoms with Crippen molar-refractivity contribution in [2.24, 2.45) is 0 Å².